The Kier molecular flexibility index (Phi) is 6.97. The van der Waals surface area contributed by atoms with Crippen LogP contribution < -0.4 is 9.62 Å². The minimum atomic E-state index is -4.04. The molecule has 34 heavy (non-hydrogen) atoms. The summed E-state index contributed by atoms with van der Waals surface area (Å²) in [4.78, 5) is 13.0. The fourth-order valence-electron chi connectivity index (χ4n) is 3.25. The van der Waals surface area contributed by atoms with Crippen molar-refractivity contribution in [3.63, 3.8) is 0 Å². The molecule has 1 heterocycles. The Morgan fingerprint density at radius 3 is 2.32 bits per heavy atom. The number of benzene rings is 3. The highest BCUT2D eigenvalue weighted by atomic mass is 35.5. The van der Waals surface area contributed by atoms with E-state index in [1.165, 1.54) is 35.6 Å². The first-order chi connectivity index (χ1) is 16.2. The van der Waals surface area contributed by atoms with Crippen LogP contribution in [0.1, 0.15) is 11.1 Å². The molecule has 0 fully saturated rings. The molecule has 4 rings (SSSR count). The van der Waals surface area contributed by atoms with E-state index in [1.807, 2.05) is 31.2 Å². The van der Waals surface area contributed by atoms with Crippen LogP contribution in [-0.4, -0.2) is 31.1 Å². The molecule has 1 aromatic heterocycles. The van der Waals surface area contributed by atoms with E-state index >= 15 is 0 Å². The standard InChI is InChI=1S/C24H21ClN4O3S2/c1-16-7-9-18(10-8-16)23-27-28-24(33-23)26-22(30)15-29(21-6-4-3-5-17(21)2)34(31,32)20-13-11-19(25)12-14-20/h3-14H,15H2,1-2H3,(H,26,28,30). The van der Waals surface area contributed by atoms with Gasteiger partial charge in [0.05, 0.1) is 10.6 Å². The molecule has 174 valence electrons. The molecule has 0 atom stereocenters. The lowest BCUT2D eigenvalue weighted by Gasteiger charge is -2.25. The third-order valence-corrected chi connectivity index (χ3v) is 7.96. The number of rotatable bonds is 7. The summed E-state index contributed by atoms with van der Waals surface area (Å²) >= 11 is 7.14. The topological polar surface area (TPSA) is 92.3 Å². The molecule has 1 amide bonds. The summed E-state index contributed by atoms with van der Waals surface area (Å²) in [6.07, 6.45) is 0. The van der Waals surface area contributed by atoms with E-state index in [9.17, 15) is 13.2 Å². The van der Waals surface area contributed by atoms with Gasteiger partial charge >= 0.3 is 0 Å². The molecule has 1 N–H and O–H groups in total. The Morgan fingerprint density at radius 2 is 1.65 bits per heavy atom. The van der Waals surface area contributed by atoms with Crippen molar-refractivity contribution in [1.82, 2.24) is 10.2 Å². The Morgan fingerprint density at radius 1 is 0.971 bits per heavy atom. The molecule has 4 aromatic rings. The Bertz CT molecular complexity index is 1420. The SMILES string of the molecule is Cc1ccc(-c2nnc(NC(=O)CN(c3ccccc3C)S(=O)(=O)c3ccc(Cl)cc3)s2)cc1. The Hall–Kier alpha value is -3.27. The van der Waals surface area contributed by atoms with Gasteiger partial charge in [0.25, 0.3) is 10.0 Å². The van der Waals surface area contributed by atoms with Crippen LogP contribution in [0.3, 0.4) is 0 Å². The maximum Gasteiger partial charge on any atom is 0.264 e. The number of para-hydroxylation sites is 1. The molecule has 7 nitrogen and oxygen atoms in total. The molecule has 0 radical (unpaired) electrons. The van der Waals surface area contributed by atoms with Gasteiger partial charge in [-0.25, -0.2) is 8.42 Å². The van der Waals surface area contributed by atoms with E-state index < -0.39 is 22.5 Å². The number of amides is 1. The van der Waals surface area contributed by atoms with Gasteiger partial charge < -0.3 is 0 Å². The Labute approximate surface area is 207 Å². The molecule has 0 saturated carbocycles. The lowest BCUT2D eigenvalue weighted by Crippen LogP contribution is -2.38. The summed E-state index contributed by atoms with van der Waals surface area (Å²) in [6, 6.07) is 20.6. The van der Waals surface area contributed by atoms with Gasteiger partial charge in [-0.2, -0.15) is 0 Å². The number of halogens is 1. The third kappa shape index (κ3) is 5.27. The summed E-state index contributed by atoms with van der Waals surface area (Å²) < 4.78 is 28.0. The number of carbonyl (C=O) groups excluding carboxylic acids is 1. The van der Waals surface area contributed by atoms with Crippen LogP contribution in [0, 0.1) is 13.8 Å². The van der Waals surface area contributed by atoms with E-state index in [1.54, 1.807) is 31.2 Å². The number of nitrogens with one attached hydrogen (secondary N) is 1. The molecule has 0 bridgehead atoms. The predicted octanol–water partition coefficient (Wildman–Crippen LogP) is 5.31. The van der Waals surface area contributed by atoms with Crippen molar-refractivity contribution >= 4 is 49.7 Å². The van der Waals surface area contributed by atoms with E-state index in [0.717, 1.165) is 15.4 Å². The van der Waals surface area contributed by atoms with Crippen LogP contribution in [0.5, 0.6) is 0 Å². The summed E-state index contributed by atoms with van der Waals surface area (Å²) in [7, 11) is -4.04. The molecule has 0 aliphatic carbocycles. The third-order valence-electron chi connectivity index (χ3n) is 5.04. The molecular weight excluding hydrogens is 492 g/mol. The average molecular weight is 513 g/mol. The molecule has 0 saturated heterocycles. The molecule has 0 aliphatic heterocycles. The van der Waals surface area contributed by atoms with Crippen molar-refractivity contribution in [1.29, 1.82) is 0 Å². The van der Waals surface area contributed by atoms with Crippen molar-refractivity contribution in [2.45, 2.75) is 18.7 Å². The number of aromatic nitrogens is 2. The van der Waals surface area contributed by atoms with Crippen LogP contribution in [0.15, 0.2) is 77.7 Å². The number of hydrogen-bond donors (Lipinski definition) is 1. The fourth-order valence-corrected chi connectivity index (χ4v) is 5.63. The van der Waals surface area contributed by atoms with Gasteiger partial charge in [0, 0.05) is 10.6 Å². The maximum atomic E-state index is 13.5. The minimum absolute atomic E-state index is 0.0329. The highest BCUT2D eigenvalue weighted by Gasteiger charge is 2.28. The zero-order valence-electron chi connectivity index (χ0n) is 18.4. The predicted molar refractivity (Wildman–Crippen MR) is 136 cm³/mol. The van der Waals surface area contributed by atoms with Crippen molar-refractivity contribution < 1.29 is 13.2 Å². The van der Waals surface area contributed by atoms with E-state index in [-0.39, 0.29) is 10.0 Å². The van der Waals surface area contributed by atoms with Crippen molar-refractivity contribution in [2.24, 2.45) is 0 Å². The van der Waals surface area contributed by atoms with Gasteiger partial charge in [0.15, 0.2) is 0 Å². The van der Waals surface area contributed by atoms with Gasteiger partial charge in [-0.1, -0.05) is 71.0 Å². The number of aryl methyl sites for hydroxylation is 2. The molecule has 0 unspecified atom stereocenters. The summed E-state index contributed by atoms with van der Waals surface area (Å²) in [5, 5.41) is 12.2. The zero-order chi connectivity index (χ0) is 24.3. The lowest BCUT2D eigenvalue weighted by molar-refractivity contribution is -0.114. The molecule has 0 spiro atoms. The number of sulfonamides is 1. The second-order valence-electron chi connectivity index (χ2n) is 7.58. The van der Waals surface area contributed by atoms with Crippen LogP contribution in [0.25, 0.3) is 10.6 Å². The number of anilines is 2. The van der Waals surface area contributed by atoms with Gasteiger partial charge in [0.1, 0.15) is 11.6 Å². The van der Waals surface area contributed by atoms with Crippen LogP contribution in [0.2, 0.25) is 5.02 Å². The molecule has 10 heteroatoms. The first-order valence-corrected chi connectivity index (χ1v) is 12.9. The molecule has 3 aromatic carbocycles. The lowest BCUT2D eigenvalue weighted by atomic mass is 10.2. The van der Waals surface area contributed by atoms with Gasteiger partial charge in [-0.3, -0.25) is 14.4 Å². The van der Waals surface area contributed by atoms with Crippen LogP contribution in [-0.2, 0) is 14.8 Å². The summed E-state index contributed by atoms with van der Waals surface area (Å²) in [5.41, 5.74) is 3.13. The van der Waals surface area contributed by atoms with Crippen molar-refractivity contribution in [3.05, 3.63) is 88.9 Å². The number of nitrogens with zero attached hydrogens (tertiary/aromatic N) is 3. The quantitative estimate of drug-likeness (QED) is 0.362. The zero-order valence-corrected chi connectivity index (χ0v) is 20.8. The van der Waals surface area contributed by atoms with E-state index in [2.05, 4.69) is 15.5 Å². The second-order valence-corrected chi connectivity index (χ2v) is 10.9. The van der Waals surface area contributed by atoms with Crippen molar-refractivity contribution in [2.75, 3.05) is 16.2 Å². The molecule has 0 aliphatic rings. The van der Waals surface area contributed by atoms with Gasteiger partial charge in [-0.15, -0.1) is 10.2 Å². The molecular formula is C24H21ClN4O3S2. The summed E-state index contributed by atoms with van der Waals surface area (Å²) in [5.74, 6) is -0.535. The van der Waals surface area contributed by atoms with E-state index in [0.29, 0.717) is 21.3 Å². The second kappa shape index (κ2) is 9.92. The van der Waals surface area contributed by atoms with Crippen LogP contribution >= 0.6 is 22.9 Å². The highest BCUT2D eigenvalue weighted by molar-refractivity contribution is 7.92. The maximum absolute atomic E-state index is 13.5. The monoisotopic (exact) mass is 512 g/mol. The van der Waals surface area contributed by atoms with E-state index in [4.69, 9.17) is 11.6 Å². The first kappa shape index (κ1) is 23.9. The fraction of sp³-hybridized carbons (Fsp3) is 0.125. The normalized spacial score (nSPS) is 11.3. The van der Waals surface area contributed by atoms with Gasteiger partial charge in [-0.05, 0) is 49.7 Å². The largest absolute Gasteiger partial charge is 0.299 e. The number of carbonyl (C=O) groups is 1. The smallest absolute Gasteiger partial charge is 0.264 e. The van der Waals surface area contributed by atoms with Crippen molar-refractivity contribution in [3.8, 4) is 10.6 Å². The average Bonchev–Trinajstić information content (AvgIpc) is 3.27. The summed E-state index contributed by atoms with van der Waals surface area (Å²) in [6.45, 7) is 3.35. The van der Waals surface area contributed by atoms with Gasteiger partial charge in [0.2, 0.25) is 11.0 Å². The Balaban J connectivity index is 1.59. The minimum Gasteiger partial charge on any atom is -0.299 e. The highest BCUT2D eigenvalue weighted by Crippen LogP contribution is 2.29. The first-order valence-electron chi connectivity index (χ1n) is 10.3. The van der Waals surface area contributed by atoms with Crippen LogP contribution in [0.4, 0.5) is 10.8 Å². The number of hydrogen-bond acceptors (Lipinski definition) is 6.